The standard InChI is InChI=1S/C10H14N4O/c15-10(8-2-1-3-11-6-8)14-9-7-12-4-5-13-9/h4-5,7-8,11H,1-3,6H2,(H,13,14,15). The minimum atomic E-state index is 0.0303. The third-order valence-corrected chi connectivity index (χ3v) is 2.48. The van der Waals surface area contributed by atoms with Crippen LogP contribution in [0.4, 0.5) is 5.82 Å². The molecule has 15 heavy (non-hydrogen) atoms. The summed E-state index contributed by atoms with van der Waals surface area (Å²) < 4.78 is 0. The van der Waals surface area contributed by atoms with Gasteiger partial charge in [0.25, 0.3) is 0 Å². The van der Waals surface area contributed by atoms with Crippen LogP contribution >= 0.6 is 0 Å². The molecule has 2 rings (SSSR count). The van der Waals surface area contributed by atoms with E-state index in [9.17, 15) is 4.79 Å². The molecular weight excluding hydrogens is 192 g/mol. The van der Waals surface area contributed by atoms with E-state index in [-0.39, 0.29) is 11.8 Å². The first kappa shape index (κ1) is 10.0. The number of anilines is 1. The molecule has 0 aromatic carbocycles. The Balaban J connectivity index is 1.91. The zero-order valence-corrected chi connectivity index (χ0v) is 8.44. The van der Waals surface area contributed by atoms with Crippen LogP contribution in [0.1, 0.15) is 12.8 Å². The maximum Gasteiger partial charge on any atom is 0.229 e. The van der Waals surface area contributed by atoms with Crippen molar-refractivity contribution in [3.63, 3.8) is 0 Å². The van der Waals surface area contributed by atoms with Crippen LogP contribution in [0.3, 0.4) is 0 Å². The molecule has 1 aliphatic rings. The summed E-state index contributed by atoms with van der Waals surface area (Å²) in [4.78, 5) is 19.6. The minimum Gasteiger partial charge on any atom is -0.316 e. The summed E-state index contributed by atoms with van der Waals surface area (Å²) in [5.74, 6) is 0.608. The largest absolute Gasteiger partial charge is 0.316 e. The molecule has 5 nitrogen and oxygen atoms in total. The molecule has 1 atom stereocenters. The van der Waals surface area contributed by atoms with Gasteiger partial charge in [0.05, 0.1) is 12.1 Å². The summed E-state index contributed by atoms with van der Waals surface area (Å²) in [6.07, 6.45) is 6.69. The van der Waals surface area contributed by atoms with E-state index < -0.39 is 0 Å². The lowest BCUT2D eigenvalue weighted by Gasteiger charge is -2.21. The first-order chi connectivity index (χ1) is 7.36. The Labute approximate surface area is 88.3 Å². The monoisotopic (exact) mass is 206 g/mol. The molecule has 1 aromatic rings. The number of amides is 1. The highest BCUT2D eigenvalue weighted by Crippen LogP contribution is 2.12. The van der Waals surface area contributed by atoms with Gasteiger partial charge in [0, 0.05) is 18.9 Å². The molecule has 2 heterocycles. The zero-order valence-electron chi connectivity index (χ0n) is 8.44. The van der Waals surface area contributed by atoms with Crippen molar-refractivity contribution in [3.8, 4) is 0 Å². The Morgan fingerprint density at radius 2 is 2.47 bits per heavy atom. The second-order valence-corrected chi connectivity index (χ2v) is 3.62. The smallest absolute Gasteiger partial charge is 0.229 e. The van der Waals surface area contributed by atoms with Gasteiger partial charge in [-0.05, 0) is 19.4 Å². The summed E-state index contributed by atoms with van der Waals surface area (Å²) in [5.41, 5.74) is 0. The lowest BCUT2D eigenvalue weighted by molar-refractivity contribution is -0.120. The summed E-state index contributed by atoms with van der Waals surface area (Å²) in [6.45, 7) is 1.76. The lowest BCUT2D eigenvalue weighted by atomic mass is 9.99. The number of aromatic nitrogens is 2. The maximum absolute atomic E-state index is 11.7. The summed E-state index contributed by atoms with van der Waals surface area (Å²) >= 11 is 0. The average molecular weight is 206 g/mol. The third-order valence-electron chi connectivity index (χ3n) is 2.48. The number of nitrogens with zero attached hydrogens (tertiary/aromatic N) is 2. The Hall–Kier alpha value is -1.49. The van der Waals surface area contributed by atoms with Crippen LogP contribution in [0.2, 0.25) is 0 Å². The fraction of sp³-hybridized carbons (Fsp3) is 0.500. The van der Waals surface area contributed by atoms with Gasteiger partial charge in [-0.1, -0.05) is 0 Å². The van der Waals surface area contributed by atoms with Gasteiger partial charge in [0.2, 0.25) is 5.91 Å². The van der Waals surface area contributed by atoms with E-state index >= 15 is 0 Å². The van der Waals surface area contributed by atoms with E-state index in [0.717, 1.165) is 25.9 Å². The van der Waals surface area contributed by atoms with E-state index in [0.29, 0.717) is 5.82 Å². The van der Waals surface area contributed by atoms with Gasteiger partial charge in [0.1, 0.15) is 0 Å². The quantitative estimate of drug-likeness (QED) is 0.735. The van der Waals surface area contributed by atoms with Gasteiger partial charge >= 0.3 is 0 Å². The molecule has 5 heteroatoms. The van der Waals surface area contributed by atoms with Crippen LogP contribution in [-0.2, 0) is 4.79 Å². The van der Waals surface area contributed by atoms with Crippen molar-refractivity contribution in [2.45, 2.75) is 12.8 Å². The van der Waals surface area contributed by atoms with Crippen LogP contribution in [-0.4, -0.2) is 29.0 Å². The highest BCUT2D eigenvalue weighted by molar-refractivity contribution is 5.91. The zero-order chi connectivity index (χ0) is 10.5. The topological polar surface area (TPSA) is 66.9 Å². The summed E-state index contributed by atoms with van der Waals surface area (Å²) in [6, 6.07) is 0. The summed E-state index contributed by atoms with van der Waals surface area (Å²) in [5, 5.41) is 5.96. The van der Waals surface area contributed by atoms with Gasteiger partial charge < -0.3 is 10.6 Å². The molecule has 1 aromatic heterocycles. The molecule has 80 valence electrons. The van der Waals surface area contributed by atoms with Gasteiger partial charge in [0.15, 0.2) is 5.82 Å². The molecule has 0 radical (unpaired) electrons. The van der Waals surface area contributed by atoms with E-state index in [1.807, 2.05) is 0 Å². The Kier molecular flexibility index (Phi) is 3.24. The van der Waals surface area contributed by atoms with Crippen molar-refractivity contribution >= 4 is 11.7 Å². The van der Waals surface area contributed by atoms with Crippen molar-refractivity contribution < 1.29 is 4.79 Å². The SMILES string of the molecule is O=C(Nc1cnccn1)C1CCCNC1. The molecule has 0 aliphatic carbocycles. The molecule has 1 fully saturated rings. The van der Waals surface area contributed by atoms with Crippen LogP contribution in [0.15, 0.2) is 18.6 Å². The predicted octanol–water partition coefficient (Wildman–Crippen LogP) is 0.415. The van der Waals surface area contributed by atoms with Crippen molar-refractivity contribution in [2.75, 3.05) is 18.4 Å². The highest BCUT2D eigenvalue weighted by Gasteiger charge is 2.20. The van der Waals surface area contributed by atoms with Gasteiger partial charge in [-0.25, -0.2) is 4.98 Å². The van der Waals surface area contributed by atoms with E-state index in [4.69, 9.17) is 0 Å². The van der Waals surface area contributed by atoms with Crippen LogP contribution in [0, 0.1) is 5.92 Å². The minimum absolute atomic E-state index is 0.0303. The second kappa shape index (κ2) is 4.84. The number of nitrogens with one attached hydrogen (secondary N) is 2. The highest BCUT2D eigenvalue weighted by atomic mass is 16.2. The molecule has 1 saturated heterocycles. The van der Waals surface area contributed by atoms with Crippen molar-refractivity contribution in [2.24, 2.45) is 5.92 Å². The molecular formula is C10H14N4O. The number of rotatable bonds is 2. The Bertz CT molecular complexity index is 321. The number of hydrogen-bond donors (Lipinski definition) is 2. The number of hydrogen-bond acceptors (Lipinski definition) is 4. The predicted molar refractivity (Wildman–Crippen MR) is 56.3 cm³/mol. The maximum atomic E-state index is 11.7. The van der Waals surface area contributed by atoms with Gasteiger partial charge in [-0.2, -0.15) is 0 Å². The van der Waals surface area contributed by atoms with Crippen molar-refractivity contribution in [1.82, 2.24) is 15.3 Å². The first-order valence-electron chi connectivity index (χ1n) is 5.14. The van der Waals surface area contributed by atoms with Crippen LogP contribution < -0.4 is 10.6 Å². The molecule has 0 spiro atoms. The molecule has 0 bridgehead atoms. The third kappa shape index (κ3) is 2.73. The van der Waals surface area contributed by atoms with Gasteiger partial charge in [-0.15, -0.1) is 0 Å². The number of piperidine rings is 1. The number of carbonyl (C=O) groups is 1. The lowest BCUT2D eigenvalue weighted by Crippen LogP contribution is -2.37. The molecule has 1 unspecified atom stereocenters. The van der Waals surface area contributed by atoms with Crippen LogP contribution in [0.5, 0.6) is 0 Å². The van der Waals surface area contributed by atoms with Gasteiger partial charge in [-0.3, -0.25) is 9.78 Å². The Morgan fingerprint density at radius 3 is 3.13 bits per heavy atom. The van der Waals surface area contributed by atoms with E-state index in [1.165, 1.54) is 0 Å². The van der Waals surface area contributed by atoms with Crippen LogP contribution in [0.25, 0.3) is 0 Å². The fourth-order valence-corrected chi connectivity index (χ4v) is 1.67. The van der Waals surface area contributed by atoms with E-state index in [1.54, 1.807) is 18.6 Å². The Morgan fingerprint density at radius 1 is 1.53 bits per heavy atom. The number of carbonyl (C=O) groups excluding carboxylic acids is 1. The van der Waals surface area contributed by atoms with Crippen molar-refractivity contribution in [3.05, 3.63) is 18.6 Å². The summed E-state index contributed by atoms with van der Waals surface area (Å²) in [7, 11) is 0. The first-order valence-corrected chi connectivity index (χ1v) is 5.14. The molecule has 2 N–H and O–H groups in total. The molecule has 1 aliphatic heterocycles. The average Bonchev–Trinajstić information content (AvgIpc) is 2.31. The second-order valence-electron chi connectivity index (χ2n) is 3.62. The normalized spacial score (nSPS) is 20.9. The van der Waals surface area contributed by atoms with E-state index in [2.05, 4.69) is 20.6 Å². The molecule has 1 amide bonds. The fourth-order valence-electron chi connectivity index (χ4n) is 1.67. The molecule has 0 saturated carbocycles. The van der Waals surface area contributed by atoms with Crippen molar-refractivity contribution in [1.29, 1.82) is 0 Å².